The molecule has 0 spiro atoms. The summed E-state index contributed by atoms with van der Waals surface area (Å²) >= 11 is 7.30. The maximum Gasteiger partial charge on any atom is 0.335 e. The van der Waals surface area contributed by atoms with Gasteiger partial charge in [-0.1, -0.05) is 79.4 Å². The van der Waals surface area contributed by atoms with E-state index in [0.717, 1.165) is 31.4 Å². The summed E-state index contributed by atoms with van der Waals surface area (Å²) in [6.07, 6.45) is 1.20. The van der Waals surface area contributed by atoms with Gasteiger partial charge in [0, 0.05) is 57.5 Å². The molecule has 0 saturated carbocycles. The van der Waals surface area contributed by atoms with Crippen molar-refractivity contribution in [1.29, 1.82) is 0 Å². The molecule has 0 aliphatic carbocycles. The highest BCUT2D eigenvalue weighted by atomic mass is 79.9. The maximum atomic E-state index is 12.4. The highest BCUT2D eigenvalue weighted by Gasteiger charge is 2.20. The summed E-state index contributed by atoms with van der Waals surface area (Å²) in [5.74, 6) is 0.00180. The SMILES string of the molecule is C=CC(=O)Oc1c(Br)cc(-c2cccc3c2sc2ccccc23)cc1-c1cccc2c1sc1ccccc12. The van der Waals surface area contributed by atoms with E-state index in [2.05, 4.69) is 114 Å². The van der Waals surface area contributed by atoms with Crippen molar-refractivity contribution in [3.8, 4) is 28.0 Å². The van der Waals surface area contributed by atoms with Crippen molar-refractivity contribution >= 4 is 84.9 Å². The molecule has 7 rings (SSSR count). The van der Waals surface area contributed by atoms with Crippen LogP contribution in [-0.4, -0.2) is 5.97 Å². The standard InChI is InChI=1S/C33H19BrO2S2/c1-2-30(35)36-31-26(25-14-8-13-24-22-10-4-6-16-29(22)38-33(24)25)17-19(18-27(31)34)20-11-7-12-23-21-9-3-5-15-28(21)37-32(20)23/h2-18H,1H2. The van der Waals surface area contributed by atoms with E-state index < -0.39 is 5.97 Å². The third-order valence-corrected chi connectivity index (χ3v) is 9.85. The lowest BCUT2D eigenvalue weighted by atomic mass is 9.96. The number of carbonyl (C=O) groups excluding carboxylic acids is 1. The van der Waals surface area contributed by atoms with E-state index in [1.54, 1.807) is 22.7 Å². The van der Waals surface area contributed by atoms with Crippen molar-refractivity contribution in [2.75, 3.05) is 0 Å². The zero-order valence-corrected chi connectivity index (χ0v) is 23.3. The van der Waals surface area contributed by atoms with Crippen molar-refractivity contribution in [3.05, 3.63) is 114 Å². The Hall–Kier alpha value is -3.77. The van der Waals surface area contributed by atoms with Crippen LogP contribution < -0.4 is 4.74 Å². The van der Waals surface area contributed by atoms with Crippen LogP contribution in [0.2, 0.25) is 0 Å². The number of fused-ring (bicyclic) bond motifs is 6. The molecular formula is C33H19BrO2S2. The summed E-state index contributed by atoms with van der Waals surface area (Å²) in [5.41, 5.74) is 4.10. The Morgan fingerprint density at radius 1 is 0.684 bits per heavy atom. The fourth-order valence-corrected chi connectivity index (χ4v) is 8.14. The molecule has 0 fully saturated rings. The Balaban J connectivity index is 1.53. The quantitative estimate of drug-likeness (QED) is 0.116. The van der Waals surface area contributed by atoms with Crippen LogP contribution in [0.25, 0.3) is 62.6 Å². The number of thiophene rings is 2. The number of ether oxygens (including phenoxy) is 1. The fraction of sp³-hybridized carbons (Fsp3) is 0. The van der Waals surface area contributed by atoms with Gasteiger partial charge in [-0.2, -0.15) is 0 Å². The van der Waals surface area contributed by atoms with Crippen LogP contribution in [0.1, 0.15) is 0 Å². The van der Waals surface area contributed by atoms with E-state index in [1.807, 2.05) is 6.07 Å². The Morgan fingerprint density at radius 2 is 1.24 bits per heavy atom. The van der Waals surface area contributed by atoms with Crippen molar-refractivity contribution in [1.82, 2.24) is 0 Å². The molecule has 5 heteroatoms. The first-order valence-corrected chi connectivity index (χ1v) is 14.5. The predicted octanol–water partition coefficient (Wildman–Crippen LogP) is 10.6. The molecule has 5 aromatic carbocycles. The number of esters is 1. The molecule has 0 amide bonds. The lowest BCUT2D eigenvalue weighted by Crippen LogP contribution is -2.05. The van der Waals surface area contributed by atoms with E-state index in [-0.39, 0.29) is 0 Å². The Bertz CT molecular complexity index is 2070. The van der Waals surface area contributed by atoms with Gasteiger partial charge in [-0.15, -0.1) is 22.7 Å². The number of benzene rings is 5. The lowest BCUT2D eigenvalue weighted by molar-refractivity contribution is -0.128. The topological polar surface area (TPSA) is 26.3 Å². The van der Waals surface area contributed by atoms with Crippen molar-refractivity contribution < 1.29 is 9.53 Å². The molecule has 0 saturated heterocycles. The average Bonchev–Trinajstić information content (AvgIpc) is 3.52. The number of hydrogen-bond acceptors (Lipinski definition) is 4. The zero-order valence-electron chi connectivity index (χ0n) is 20.0. The lowest BCUT2D eigenvalue weighted by Gasteiger charge is -2.15. The molecular weight excluding hydrogens is 572 g/mol. The summed E-state index contributed by atoms with van der Waals surface area (Å²) in [6, 6.07) is 34.0. The minimum Gasteiger partial charge on any atom is -0.422 e. The molecule has 0 aliphatic rings. The number of carbonyl (C=O) groups is 1. The Morgan fingerprint density at radius 3 is 1.87 bits per heavy atom. The van der Waals surface area contributed by atoms with Gasteiger partial charge in [-0.3, -0.25) is 0 Å². The summed E-state index contributed by atoms with van der Waals surface area (Å²) in [5, 5.41) is 4.93. The van der Waals surface area contributed by atoms with Gasteiger partial charge >= 0.3 is 5.97 Å². The van der Waals surface area contributed by atoms with Gasteiger partial charge in [-0.25, -0.2) is 4.79 Å². The molecule has 0 bridgehead atoms. The predicted molar refractivity (Wildman–Crippen MR) is 167 cm³/mol. The van der Waals surface area contributed by atoms with Crippen LogP contribution in [0.15, 0.2) is 114 Å². The minimum absolute atomic E-state index is 0.491. The van der Waals surface area contributed by atoms with Gasteiger partial charge in [0.1, 0.15) is 0 Å². The maximum absolute atomic E-state index is 12.4. The molecule has 2 aromatic heterocycles. The van der Waals surface area contributed by atoms with Crippen molar-refractivity contribution in [2.45, 2.75) is 0 Å². The van der Waals surface area contributed by atoms with E-state index in [1.165, 1.54) is 41.7 Å². The largest absolute Gasteiger partial charge is 0.422 e. The molecule has 2 heterocycles. The Labute approximate surface area is 235 Å². The smallest absolute Gasteiger partial charge is 0.335 e. The summed E-state index contributed by atoms with van der Waals surface area (Å²) in [4.78, 5) is 12.4. The van der Waals surface area contributed by atoms with Gasteiger partial charge in [0.15, 0.2) is 5.75 Å². The highest BCUT2D eigenvalue weighted by Crippen LogP contribution is 2.48. The first-order chi connectivity index (χ1) is 18.6. The molecule has 0 radical (unpaired) electrons. The molecule has 0 aliphatic heterocycles. The normalized spacial score (nSPS) is 11.5. The van der Waals surface area contributed by atoms with Crippen LogP contribution in [-0.2, 0) is 4.79 Å². The van der Waals surface area contributed by atoms with E-state index in [0.29, 0.717) is 5.75 Å². The molecule has 38 heavy (non-hydrogen) atoms. The van der Waals surface area contributed by atoms with E-state index in [4.69, 9.17) is 4.74 Å². The van der Waals surface area contributed by atoms with Gasteiger partial charge in [0.25, 0.3) is 0 Å². The summed E-state index contributed by atoms with van der Waals surface area (Å²) in [6.45, 7) is 3.60. The second-order valence-corrected chi connectivity index (χ2v) is 12.0. The molecule has 0 unspecified atom stereocenters. The second kappa shape index (κ2) is 9.21. The van der Waals surface area contributed by atoms with Gasteiger partial charge in [0.2, 0.25) is 0 Å². The van der Waals surface area contributed by atoms with Crippen LogP contribution in [0.3, 0.4) is 0 Å². The summed E-state index contributed by atoms with van der Waals surface area (Å²) < 4.78 is 11.4. The minimum atomic E-state index is -0.491. The number of hydrogen-bond donors (Lipinski definition) is 0. The van der Waals surface area contributed by atoms with Crippen molar-refractivity contribution in [3.63, 3.8) is 0 Å². The van der Waals surface area contributed by atoms with Crippen LogP contribution >= 0.6 is 38.6 Å². The number of halogens is 1. The fourth-order valence-electron chi connectivity index (χ4n) is 5.13. The molecule has 0 N–H and O–H groups in total. The molecule has 0 atom stereocenters. The highest BCUT2D eigenvalue weighted by molar-refractivity contribution is 9.10. The van der Waals surface area contributed by atoms with Gasteiger partial charge < -0.3 is 4.74 Å². The summed E-state index contributed by atoms with van der Waals surface area (Å²) in [7, 11) is 0. The second-order valence-electron chi connectivity index (χ2n) is 9.02. The van der Waals surface area contributed by atoms with Crippen LogP contribution in [0.5, 0.6) is 5.75 Å². The number of rotatable bonds is 4. The first-order valence-electron chi connectivity index (χ1n) is 12.1. The first kappa shape index (κ1) is 23.4. The third kappa shape index (κ3) is 3.70. The van der Waals surface area contributed by atoms with Crippen LogP contribution in [0.4, 0.5) is 0 Å². The third-order valence-electron chi connectivity index (χ3n) is 6.82. The Kier molecular flexibility index (Phi) is 5.66. The van der Waals surface area contributed by atoms with E-state index >= 15 is 0 Å². The monoisotopic (exact) mass is 590 g/mol. The average molecular weight is 592 g/mol. The zero-order chi connectivity index (χ0) is 25.8. The van der Waals surface area contributed by atoms with Gasteiger partial charge in [-0.05, 0) is 51.3 Å². The van der Waals surface area contributed by atoms with E-state index in [9.17, 15) is 4.79 Å². The molecule has 2 nitrogen and oxygen atoms in total. The van der Waals surface area contributed by atoms with Crippen molar-refractivity contribution in [2.24, 2.45) is 0 Å². The van der Waals surface area contributed by atoms with Crippen LogP contribution in [0, 0.1) is 0 Å². The molecule has 182 valence electrons. The molecule has 7 aromatic rings. The van der Waals surface area contributed by atoms with Gasteiger partial charge in [0.05, 0.1) is 4.47 Å².